The van der Waals surface area contributed by atoms with Crippen molar-refractivity contribution in [2.45, 2.75) is 6.92 Å². The van der Waals surface area contributed by atoms with Gasteiger partial charge in [0.2, 0.25) is 5.82 Å². The standard InChI is InChI=1S/C19H16Cl2N4O5/c1-10-6-11(4-5-12(10)20)30-19-17(25(26)27)18(22-9-23-19)24-14-7-13(21)15(28-2)8-16(14)29-3/h4-9H,1-3H3,(H,22,23,24). The smallest absolute Gasteiger partial charge is 0.373 e. The summed E-state index contributed by atoms with van der Waals surface area (Å²) in [5.74, 6) is 0.737. The summed E-state index contributed by atoms with van der Waals surface area (Å²) in [7, 11) is 2.91. The van der Waals surface area contributed by atoms with Gasteiger partial charge >= 0.3 is 11.6 Å². The van der Waals surface area contributed by atoms with Gasteiger partial charge in [-0.3, -0.25) is 10.1 Å². The van der Waals surface area contributed by atoms with Crippen LogP contribution in [-0.2, 0) is 0 Å². The summed E-state index contributed by atoms with van der Waals surface area (Å²) in [6, 6.07) is 7.91. The molecule has 0 saturated heterocycles. The van der Waals surface area contributed by atoms with Crippen molar-refractivity contribution in [3.63, 3.8) is 0 Å². The predicted molar refractivity (Wildman–Crippen MR) is 113 cm³/mol. The van der Waals surface area contributed by atoms with Crippen molar-refractivity contribution in [1.82, 2.24) is 9.97 Å². The highest BCUT2D eigenvalue weighted by Crippen LogP contribution is 2.40. The van der Waals surface area contributed by atoms with E-state index < -0.39 is 10.6 Å². The molecular formula is C19H16Cl2N4O5. The molecule has 0 saturated carbocycles. The van der Waals surface area contributed by atoms with Gasteiger partial charge in [0.05, 0.1) is 29.9 Å². The number of hydrogen-bond acceptors (Lipinski definition) is 8. The van der Waals surface area contributed by atoms with Gasteiger partial charge in [0.15, 0.2) is 0 Å². The molecule has 0 atom stereocenters. The number of anilines is 2. The maximum absolute atomic E-state index is 11.8. The van der Waals surface area contributed by atoms with Crippen molar-refractivity contribution in [3.8, 4) is 23.1 Å². The van der Waals surface area contributed by atoms with Crippen molar-refractivity contribution < 1.29 is 19.1 Å². The average molecular weight is 451 g/mol. The first-order valence-electron chi connectivity index (χ1n) is 8.46. The van der Waals surface area contributed by atoms with Gasteiger partial charge in [-0.2, -0.15) is 4.98 Å². The highest BCUT2D eigenvalue weighted by atomic mass is 35.5. The molecule has 0 aliphatic rings. The van der Waals surface area contributed by atoms with Crippen LogP contribution < -0.4 is 19.5 Å². The van der Waals surface area contributed by atoms with Crippen LogP contribution in [0, 0.1) is 17.0 Å². The van der Waals surface area contributed by atoms with Crippen molar-refractivity contribution in [3.05, 3.63) is 62.4 Å². The summed E-state index contributed by atoms with van der Waals surface area (Å²) in [5.41, 5.74) is 0.638. The van der Waals surface area contributed by atoms with E-state index in [9.17, 15) is 10.1 Å². The lowest BCUT2D eigenvalue weighted by Crippen LogP contribution is -2.04. The molecule has 3 rings (SSSR count). The van der Waals surface area contributed by atoms with Gasteiger partial charge in [0.25, 0.3) is 0 Å². The number of hydrogen-bond donors (Lipinski definition) is 1. The second-order valence-electron chi connectivity index (χ2n) is 5.96. The molecule has 0 spiro atoms. The molecule has 0 amide bonds. The number of nitrogens with one attached hydrogen (secondary N) is 1. The first kappa shape index (κ1) is 21.4. The van der Waals surface area contributed by atoms with Crippen LogP contribution in [0.25, 0.3) is 0 Å². The van der Waals surface area contributed by atoms with Crippen molar-refractivity contribution >= 4 is 40.4 Å². The van der Waals surface area contributed by atoms with Crippen molar-refractivity contribution in [1.29, 1.82) is 0 Å². The minimum absolute atomic E-state index is 0.102. The molecule has 0 aliphatic heterocycles. The Kier molecular flexibility index (Phi) is 6.43. The number of nitrogens with zero attached hydrogens (tertiary/aromatic N) is 3. The van der Waals surface area contributed by atoms with Gasteiger partial charge in [-0.15, -0.1) is 0 Å². The van der Waals surface area contributed by atoms with Crippen molar-refractivity contribution in [2.75, 3.05) is 19.5 Å². The first-order chi connectivity index (χ1) is 14.3. The minimum atomic E-state index is -0.641. The molecule has 0 radical (unpaired) electrons. The van der Waals surface area contributed by atoms with Crippen LogP contribution in [0.2, 0.25) is 10.0 Å². The summed E-state index contributed by atoms with van der Waals surface area (Å²) in [6.07, 6.45) is 1.14. The van der Waals surface area contributed by atoms with Crippen molar-refractivity contribution in [2.24, 2.45) is 0 Å². The van der Waals surface area contributed by atoms with Gasteiger partial charge < -0.3 is 19.5 Å². The van der Waals surface area contributed by atoms with Crippen LogP contribution in [0.3, 0.4) is 0 Å². The lowest BCUT2D eigenvalue weighted by molar-refractivity contribution is -0.385. The molecule has 3 aromatic rings. The highest BCUT2D eigenvalue weighted by Gasteiger charge is 2.26. The predicted octanol–water partition coefficient (Wildman–Crippen LogP) is 5.55. The molecular weight excluding hydrogens is 435 g/mol. The Morgan fingerprint density at radius 2 is 1.77 bits per heavy atom. The molecule has 9 nitrogen and oxygen atoms in total. The van der Waals surface area contributed by atoms with Crippen LogP contribution in [0.1, 0.15) is 5.56 Å². The first-order valence-corrected chi connectivity index (χ1v) is 9.21. The second kappa shape index (κ2) is 9.02. The Balaban J connectivity index is 2.02. The molecule has 1 N–H and O–H groups in total. The van der Waals surface area contributed by atoms with Crippen LogP contribution in [0.4, 0.5) is 17.2 Å². The Morgan fingerprint density at radius 3 is 2.40 bits per heavy atom. The zero-order chi connectivity index (χ0) is 21.8. The van der Waals surface area contributed by atoms with E-state index in [-0.39, 0.29) is 16.7 Å². The normalized spacial score (nSPS) is 10.4. The van der Waals surface area contributed by atoms with Gasteiger partial charge in [0.1, 0.15) is 23.6 Å². The number of aryl methyl sites for hydroxylation is 1. The van der Waals surface area contributed by atoms with E-state index in [0.717, 1.165) is 11.9 Å². The third-order valence-corrected chi connectivity index (χ3v) is 4.76. The van der Waals surface area contributed by atoms with Crippen LogP contribution in [0.15, 0.2) is 36.7 Å². The number of methoxy groups -OCH3 is 2. The van der Waals surface area contributed by atoms with Gasteiger partial charge in [-0.1, -0.05) is 23.2 Å². The molecule has 0 fully saturated rings. The molecule has 0 unspecified atom stereocenters. The molecule has 156 valence electrons. The Morgan fingerprint density at radius 1 is 1.03 bits per heavy atom. The largest absolute Gasteiger partial charge is 0.495 e. The zero-order valence-electron chi connectivity index (χ0n) is 16.1. The third-order valence-electron chi connectivity index (χ3n) is 4.04. The number of nitro groups is 1. The summed E-state index contributed by atoms with van der Waals surface area (Å²) in [6.45, 7) is 1.79. The van der Waals surface area contributed by atoms with Crippen LogP contribution in [0.5, 0.6) is 23.1 Å². The summed E-state index contributed by atoms with van der Waals surface area (Å²) < 4.78 is 16.1. The fourth-order valence-corrected chi connectivity index (χ4v) is 2.93. The molecule has 11 heteroatoms. The Labute approximate surface area is 181 Å². The van der Waals surface area contributed by atoms with E-state index in [2.05, 4.69) is 15.3 Å². The SMILES string of the molecule is COc1cc(OC)c(Nc2ncnc(Oc3ccc(Cl)c(C)c3)c2[N+](=O)[O-])cc1Cl. The number of rotatable bonds is 7. The summed E-state index contributed by atoms with van der Waals surface area (Å²) in [4.78, 5) is 19.0. The fraction of sp³-hybridized carbons (Fsp3) is 0.158. The minimum Gasteiger partial charge on any atom is -0.495 e. The van der Waals surface area contributed by atoms with Gasteiger partial charge in [-0.05, 0) is 36.8 Å². The number of benzene rings is 2. The lowest BCUT2D eigenvalue weighted by Gasteiger charge is -2.14. The van der Waals surface area contributed by atoms with Crippen LogP contribution in [-0.4, -0.2) is 29.1 Å². The van der Waals surface area contributed by atoms with E-state index in [1.165, 1.54) is 20.3 Å². The van der Waals surface area contributed by atoms with E-state index in [1.54, 1.807) is 31.2 Å². The number of halogens is 2. The summed E-state index contributed by atoms with van der Waals surface area (Å²) in [5, 5.41) is 15.5. The maximum Gasteiger partial charge on any atom is 0.373 e. The molecule has 30 heavy (non-hydrogen) atoms. The Bertz CT molecular complexity index is 1110. The topological polar surface area (TPSA) is 109 Å². The second-order valence-corrected chi connectivity index (χ2v) is 6.77. The fourth-order valence-electron chi connectivity index (χ4n) is 2.57. The highest BCUT2D eigenvalue weighted by molar-refractivity contribution is 6.32. The molecule has 0 bridgehead atoms. The van der Waals surface area contributed by atoms with Crippen LogP contribution >= 0.6 is 23.2 Å². The van der Waals surface area contributed by atoms with E-state index >= 15 is 0 Å². The summed E-state index contributed by atoms with van der Waals surface area (Å²) >= 11 is 12.2. The average Bonchev–Trinajstić information content (AvgIpc) is 2.71. The van der Waals surface area contributed by atoms with E-state index in [1.807, 2.05) is 0 Å². The monoisotopic (exact) mass is 450 g/mol. The number of ether oxygens (including phenoxy) is 3. The van der Waals surface area contributed by atoms with Gasteiger partial charge in [-0.25, -0.2) is 4.98 Å². The quantitative estimate of drug-likeness (QED) is 0.368. The van der Waals surface area contributed by atoms with E-state index in [4.69, 9.17) is 37.4 Å². The maximum atomic E-state index is 11.8. The molecule has 1 heterocycles. The van der Waals surface area contributed by atoms with Gasteiger partial charge in [0, 0.05) is 11.1 Å². The molecule has 1 aromatic heterocycles. The zero-order valence-corrected chi connectivity index (χ0v) is 17.6. The Hall–Kier alpha value is -3.30. The molecule has 2 aromatic carbocycles. The lowest BCUT2D eigenvalue weighted by atomic mass is 10.2. The van der Waals surface area contributed by atoms with E-state index in [0.29, 0.717) is 28.0 Å². The number of aromatic nitrogens is 2. The third kappa shape index (κ3) is 4.47. The molecule has 0 aliphatic carbocycles.